The molecule has 0 aromatic carbocycles. The number of nitrogens with zero attached hydrogens (tertiary/aromatic N) is 3. The molecule has 98 valence electrons. The number of piperidine rings is 1. The van der Waals surface area contributed by atoms with Crippen LogP contribution in [0.1, 0.15) is 25.5 Å². The summed E-state index contributed by atoms with van der Waals surface area (Å²) in [6, 6.07) is 2.03. The van der Waals surface area contributed by atoms with Gasteiger partial charge in [0.15, 0.2) is 0 Å². The van der Waals surface area contributed by atoms with Crippen LogP contribution in [0.25, 0.3) is 0 Å². The van der Waals surface area contributed by atoms with Crippen molar-refractivity contribution in [3.8, 4) is 0 Å². The Kier molecular flexibility index (Phi) is 4.12. The molecule has 1 fully saturated rings. The van der Waals surface area contributed by atoms with E-state index < -0.39 is 0 Å². The highest BCUT2D eigenvalue weighted by Gasteiger charge is 2.26. The molecule has 1 aromatic rings. The molecule has 0 N–H and O–H groups in total. The van der Waals surface area contributed by atoms with Crippen LogP contribution in [0.3, 0.4) is 0 Å². The Hall–Kier alpha value is -1.65. The first-order valence-electron chi connectivity index (χ1n) is 6.38. The van der Waals surface area contributed by atoms with Gasteiger partial charge < -0.3 is 9.64 Å². The molecule has 0 unspecified atom stereocenters. The fraction of sp³-hybridized carbons (Fsp3) is 0.615. The molecule has 0 saturated carbocycles. The quantitative estimate of drug-likeness (QED) is 0.758. The van der Waals surface area contributed by atoms with Gasteiger partial charge in [0.1, 0.15) is 12.1 Å². The van der Waals surface area contributed by atoms with Crippen molar-refractivity contribution < 1.29 is 9.53 Å². The molecule has 5 nitrogen and oxygen atoms in total. The number of aryl methyl sites for hydroxylation is 1. The third-order valence-electron chi connectivity index (χ3n) is 3.42. The van der Waals surface area contributed by atoms with E-state index in [4.69, 9.17) is 4.74 Å². The Balaban J connectivity index is 1.98. The molecule has 5 heteroatoms. The molecular weight excluding hydrogens is 230 g/mol. The lowest BCUT2D eigenvalue weighted by Crippen LogP contribution is -2.37. The van der Waals surface area contributed by atoms with Crippen molar-refractivity contribution in [1.29, 1.82) is 0 Å². The maximum Gasteiger partial charge on any atom is 0.308 e. The third-order valence-corrected chi connectivity index (χ3v) is 3.42. The lowest BCUT2D eigenvalue weighted by molar-refractivity contribution is -0.146. The van der Waals surface area contributed by atoms with Crippen molar-refractivity contribution in [3.63, 3.8) is 0 Å². The second-order valence-electron chi connectivity index (χ2n) is 4.51. The maximum atomic E-state index is 11.4. The highest BCUT2D eigenvalue weighted by molar-refractivity contribution is 5.72. The van der Waals surface area contributed by atoms with E-state index in [0.717, 1.165) is 43.9 Å². The van der Waals surface area contributed by atoms with E-state index >= 15 is 0 Å². The molecular formula is C13H19N3O2. The minimum absolute atomic E-state index is 0.0405. The number of methoxy groups -OCH3 is 1. The normalized spacial score (nSPS) is 16.7. The van der Waals surface area contributed by atoms with Gasteiger partial charge in [-0.3, -0.25) is 4.79 Å². The third kappa shape index (κ3) is 2.78. The van der Waals surface area contributed by atoms with Crippen molar-refractivity contribution in [1.82, 2.24) is 9.97 Å². The second-order valence-corrected chi connectivity index (χ2v) is 4.51. The molecule has 1 saturated heterocycles. The highest BCUT2D eigenvalue weighted by Crippen LogP contribution is 2.22. The highest BCUT2D eigenvalue weighted by atomic mass is 16.5. The predicted octanol–water partition coefficient (Wildman–Crippen LogP) is 1.43. The summed E-state index contributed by atoms with van der Waals surface area (Å²) in [5.74, 6) is 0.912. The predicted molar refractivity (Wildman–Crippen MR) is 68.4 cm³/mol. The first kappa shape index (κ1) is 12.8. The van der Waals surface area contributed by atoms with Crippen LogP contribution in [0.4, 0.5) is 5.82 Å². The van der Waals surface area contributed by atoms with Crippen LogP contribution in [-0.2, 0) is 16.0 Å². The summed E-state index contributed by atoms with van der Waals surface area (Å²) in [6.45, 7) is 3.77. The smallest absolute Gasteiger partial charge is 0.308 e. The van der Waals surface area contributed by atoms with Crippen LogP contribution >= 0.6 is 0 Å². The second kappa shape index (κ2) is 5.80. The van der Waals surface area contributed by atoms with Crippen LogP contribution in [0.5, 0.6) is 0 Å². The van der Waals surface area contributed by atoms with Gasteiger partial charge in [-0.15, -0.1) is 0 Å². The van der Waals surface area contributed by atoms with Gasteiger partial charge >= 0.3 is 5.97 Å². The van der Waals surface area contributed by atoms with Crippen molar-refractivity contribution in [2.75, 3.05) is 25.1 Å². The Morgan fingerprint density at radius 3 is 2.78 bits per heavy atom. The molecule has 0 spiro atoms. The number of carbonyl (C=O) groups excluding carboxylic acids is 1. The molecule has 0 bridgehead atoms. The first-order chi connectivity index (χ1) is 8.74. The average Bonchev–Trinajstić information content (AvgIpc) is 2.46. The fourth-order valence-electron chi connectivity index (χ4n) is 2.26. The lowest BCUT2D eigenvalue weighted by Gasteiger charge is -2.31. The van der Waals surface area contributed by atoms with E-state index in [0.29, 0.717) is 0 Å². The Labute approximate surface area is 107 Å². The van der Waals surface area contributed by atoms with E-state index in [1.54, 1.807) is 6.33 Å². The number of rotatable bonds is 3. The molecule has 2 rings (SSSR count). The zero-order chi connectivity index (χ0) is 13.0. The Bertz CT molecular complexity index is 414. The number of hydrogen-bond acceptors (Lipinski definition) is 5. The molecule has 0 radical (unpaired) electrons. The summed E-state index contributed by atoms with van der Waals surface area (Å²) in [7, 11) is 1.45. The SMILES string of the molecule is CCc1cc(N2CCC(C(=O)OC)CC2)ncn1. The zero-order valence-corrected chi connectivity index (χ0v) is 10.9. The average molecular weight is 249 g/mol. The summed E-state index contributed by atoms with van der Waals surface area (Å²) >= 11 is 0. The number of anilines is 1. The van der Waals surface area contributed by atoms with Gasteiger partial charge in [0.2, 0.25) is 0 Å². The molecule has 18 heavy (non-hydrogen) atoms. The molecule has 2 heterocycles. The molecule has 1 aliphatic rings. The maximum absolute atomic E-state index is 11.4. The van der Waals surface area contributed by atoms with Crippen LogP contribution in [0.2, 0.25) is 0 Å². The number of ether oxygens (including phenoxy) is 1. The number of aromatic nitrogens is 2. The minimum Gasteiger partial charge on any atom is -0.469 e. The van der Waals surface area contributed by atoms with E-state index in [2.05, 4.69) is 21.8 Å². The summed E-state index contributed by atoms with van der Waals surface area (Å²) < 4.78 is 4.78. The number of hydrogen-bond donors (Lipinski definition) is 0. The molecule has 0 atom stereocenters. The van der Waals surface area contributed by atoms with Crippen LogP contribution in [0, 0.1) is 5.92 Å². The summed E-state index contributed by atoms with van der Waals surface area (Å²) in [5.41, 5.74) is 1.05. The van der Waals surface area contributed by atoms with Crippen LogP contribution < -0.4 is 4.90 Å². The summed E-state index contributed by atoms with van der Waals surface area (Å²) in [6.07, 6.45) is 4.19. The van der Waals surface area contributed by atoms with Gasteiger partial charge in [-0.2, -0.15) is 0 Å². The van der Waals surface area contributed by atoms with E-state index in [1.807, 2.05) is 6.07 Å². The van der Waals surface area contributed by atoms with Gasteiger partial charge in [-0.1, -0.05) is 6.92 Å². The van der Waals surface area contributed by atoms with E-state index in [9.17, 15) is 4.79 Å². The van der Waals surface area contributed by atoms with Gasteiger partial charge in [0.05, 0.1) is 13.0 Å². The van der Waals surface area contributed by atoms with Crippen molar-refractivity contribution in [3.05, 3.63) is 18.1 Å². The van der Waals surface area contributed by atoms with Gasteiger partial charge in [-0.05, 0) is 19.3 Å². The van der Waals surface area contributed by atoms with E-state index in [-0.39, 0.29) is 11.9 Å². The number of esters is 1. The van der Waals surface area contributed by atoms with Gasteiger partial charge in [0.25, 0.3) is 0 Å². The van der Waals surface area contributed by atoms with Crippen molar-refractivity contribution in [2.24, 2.45) is 5.92 Å². The zero-order valence-electron chi connectivity index (χ0n) is 10.9. The molecule has 0 amide bonds. The minimum atomic E-state index is -0.0911. The molecule has 0 aliphatic carbocycles. The van der Waals surface area contributed by atoms with E-state index in [1.165, 1.54) is 7.11 Å². The topological polar surface area (TPSA) is 55.3 Å². The molecule has 1 aromatic heterocycles. The van der Waals surface area contributed by atoms with Crippen LogP contribution in [0.15, 0.2) is 12.4 Å². The summed E-state index contributed by atoms with van der Waals surface area (Å²) in [5, 5.41) is 0. The molecule has 1 aliphatic heterocycles. The first-order valence-corrected chi connectivity index (χ1v) is 6.38. The monoisotopic (exact) mass is 249 g/mol. The fourth-order valence-corrected chi connectivity index (χ4v) is 2.26. The largest absolute Gasteiger partial charge is 0.469 e. The van der Waals surface area contributed by atoms with Gasteiger partial charge in [0, 0.05) is 24.8 Å². The Morgan fingerprint density at radius 1 is 1.44 bits per heavy atom. The number of carbonyl (C=O) groups is 1. The van der Waals surface area contributed by atoms with Crippen LogP contribution in [-0.4, -0.2) is 36.1 Å². The Morgan fingerprint density at radius 2 is 2.17 bits per heavy atom. The lowest BCUT2D eigenvalue weighted by atomic mass is 9.97. The van der Waals surface area contributed by atoms with Crippen molar-refractivity contribution >= 4 is 11.8 Å². The standard InChI is InChI=1S/C13H19N3O2/c1-3-11-8-12(15-9-14-11)16-6-4-10(5-7-16)13(17)18-2/h8-10H,3-7H2,1-2H3. The van der Waals surface area contributed by atoms with Gasteiger partial charge in [-0.25, -0.2) is 9.97 Å². The van der Waals surface area contributed by atoms with Crippen molar-refractivity contribution in [2.45, 2.75) is 26.2 Å². The summed E-state index contributed by atoms with van der Waals surface area (Å²) in [4.78, 5) is 22.1.